The molecule has 0 fully saturated rings. The van der Waals surface area contributed by atoms with E-state index in [9.17, 15) is 0 Å². The van der Waals surface area contributed by atoms with Crippen LogP contribution in [0.25, 0.3) is 0 Å². The molecular weight excluding hydrogens is 325 g/mol. The van der Waals surface area contributed by atoms with Crippen molar-refractivity contribution < 1.29 is 16.9 Å². The average molecular weight is 368 g/mol. The number of quaternary nitrogens is 1. The highest BCUT2D eigenvalue weighted by Gasteiger charge is 2.25. The first-order chi connectivity index (χ1) is 10.7. The molecule has 142 valence electrons. The minimum atomic E-state index is 0. The number of alkyl halides is 1. The van der Waals surface area contributed by atoms with Crippen LogP contribution in [0.3, 0.4) is 0 Å². The van der Waals surface area contributed by atoms with Crippen LogP contribution >= 0.6 is 11.6 Å². The van der Waals surface area contributed by atoms with Crippen LogP contribution in [-0.2, 0) is 0 Å². The third-order valence-electron chi connectivity index (χ3n) is 4.97. The molecule has 0 aliphatic heterocycles. The SMILES string of the molecule is CCCCCC[N+](CCCCC)(CCCCC)CCCCCl.[Cl-]. The van der Waals surface area contributed by atoms with Crippen molar-refractivity contribution in [2.45, 2.75) is 97.8 Å². The van der Waals surface area contributed by atoms with Crippen LogP contribution in [-0.4, -0.2) is 36.5 Å². The zero-order chi connectivity index (χ0) is 16.5. The Bertz CT molecular complexity index is 195. The maximum atomic E-state index is 5.92. The predicted molar refractivity (Wildman–Crippen MR) is 103 cm³/mol. The summed E-state index contributed by atoms with van der Waals surface area (Å²) < 4.78 is 1.39. The Kier molecular flexibility index (Phi) is 21.2. The van der Waals surface area contributed by atoms with Gasteiger partial charge in [0, 0.05) is 5.88 Å². The first-order valence-corrected chi connectivity index (χ1v) is 10.7. The Labute approximate surface area is 158 Å². The molecule has 0 aliphatic carbocycles. The topological polar surface area (TPSA) is 0 Å². The minimum Gasteiger partial charge on any atom is -1.00 e. The van der Waals surface area contributed by atoms with Crippen LogP contribution in [0.2, 0.25) is 0 Å². The predicted octanol–water partition coefficient (Wildman–Crippen LogP) is 3.79. The van der Waals surface area contributed by atoms with Gasteiger partial charge >= 0.3 is 0 Å². The van der Waals surface area contributed by atoms with Crippen molar-refractivity contribution in [1.29, 1.82) is 0 Å². The molecule has 0 aromatic rings. The molecule has 0 atom stereocenters. The van der Waals surface area contributed by atoms with Crippen molar-refractivity contribution in [2.75, 3.05) is 32.1 Å². The standard InChI is InChI=1S/C20H43ClN.ClH/c1-4-7-10-14-19-22(17-12-8-5-2,18-13-9-6-3)20-15-11-16-21;/h4-20H2,1-3H3;1H/q+1;/p-1. The number of hydrogen-bond donors (Lipinski definition) is 0. The van der Waals surface area contributed by atoms with E-state index < -0.39 is 0 Å². The van der Waals surface area contributed by atoms with E-state index in [4.69, 9.17) is 11.6 Å². The molecule has 0 spiro atoms. The summed E-state index contributed by atoms with van der Waals surface area (Å²) in [5.74, 6) is 0.833. The van der Waals surface area contributed by atoms with Crippen molar-refractivity contribution in [3.05, 3.63) is 0 Å². The lowest BCUT2D eigenvalue weighted by Crippen LogP contribution is -3.00. The number of halogens is 2. The van der Waals surface area contributed by atoms with E-state index in [1.807, 2.05) is 0 Å². The van der Waals surface area contributed by atoms with Crippen molar-refractivity contribution >= 4 is 11.6 Å². The Balaban J connectivity index is 0. The Hall–Kier alpha value is 0.540. The van der Waals surface area contributed by atoms with Gasteiger partial charge in [-0.05, 0) is 51.4 Å². The van der Waals surface area contributed by atoms with Gasteiger partial charge in [-0.2, -0.15) is 0 Å². The lowest BCUT2D eigenvalue weighted by molar-refractivity contribution is -0.929. The summed E-state index contributed by atoms with van der Waals surface area (Å²) >= 11 is 5.92. The highest BCUT2D eigenvalue weighted by atomic mass is 35.5. The van der Waals surface area contributed by atoms with E-state index in [0.29, 0.717) is 0 Å². The average Bonchev–Trinajstić information content (AvgIpc) is 2.52. The molecule has 0 amide bonds. The van der Waals surface area contributed by atoms with Gasteiger partial charge in [0.2, 0.25) is 0 Å². The molecule has 0 bridgehead atoms. The van der Waals surface area contributed by atoms with E-state index in [0.717, 1.165) is 5.88 Å². The maximum Gasteiger partial charge on any atom is 0.0787 e. The molecule has 0 aromatic heterocycles. The van der Waals surface area contributed by atoms with Gasteiger partial charge in [0.15, 0.2) is 0 Å². The fraction of sp³-hybridized carbons (Fsp3) is 1.00. The van der Waals surface area contributed by atoms with Crippen LogP contribution in [0.15, 0.2) is 0 Å². The Morgan fingerprint density at radius 2 is 0.870 bits per heavy atom. The van der Waals surface area contributed by atoms with E-state index >= 15 is 0 Å². The molecule has 3 heteroatoms. The third-order valence-corrected chi connectivity index (χ3v) is 5.24. The van der Waals surface area contributed by atoms with E-state index in [-0.39, 0.29) is 12.4 Å². The maximum absolute atomic E-state index is 5.92. The van der Waals surface area contributed by atoms with Gasteiger partial charge in [-0.3, -0.25) is 0 Å². The third kappa shape index (κ3) is 14.6. The summed E-state index contributed by atoms with van der Waals surface area (Å²) in [4.78, 5) is 0. The second-order valence-corrected chi connectivity index (χ2v) is 7.48. The largest absolute Gasteiger partial charge is 1.00 e. The van der Waals surface area contributed by atoms with Crippen molar-refractivity contribution in [2.24, 2.45) is 0 Å². The number of hydrogen-bond acceptors (Lipinski definition) is 0. The molecule has 0 N–H and O–H groups in total. The second-order valence-electron chi connectivity index (χ2n) is 7.11. The minimum absolute atomic E-state index is 0. The Morgan fingerprint density at radius 3 is 1.26 bits per heavy atom. The molecule has 0 radical (unpaired) electrons. The van der Waals surface area contributed by atoms with E-state index in [2.05, 4.69) is 20.8 Å². The van der Waals surface area contributed by atoms with Gasteiger partial charge in [0.25, 0.3) is 0 Å². The summed E-state index contributed by atoms with van der Waals surface area (Å²) in [6.07, 6.45) is 16.4. The van der Waals surface area contributed by atoms with Crippen LogP contribution in [0.1, 0.15) is 97.8 Å². The van der Waals surface area contributed by atoms with Crippen LogP contribution in [0, 0.1) is 0 Å². The fourth-order valence-electron chi connectivity index (χ4n) is 3.48. The van der Waals surface area contributed by atoms with Gasteiger partial charge in [0.05, 0.1) is 26.2 Å². The molecule has 23 heavy (non-hydrogen) atoms. The number of rotatable bonds is 17. The molecule has 0 heterocycles. The number of nitrogens with zero attached hydrogens (tertiary/aromatic N) is 1. The van der Waals surface area contributed by atoms with Gasteiger partial charge in [-0.1, -0.05) is 46.5 Å². The lowest BCUT2D eigenvalue weighted by atomic mass is 10.1. The van der Waals surface area contributed by atoms with Gasteiger partial charge in [-0.25, -0.2) is 0 Å². The van der Waals surface area contributed by atoms with Crippen LogP contribution in [0.4, 0.5) is 0 Å². The summed E-state index contributed by atoms with van der Waals surface area (Å²) in [6.45, 7) is 12.5. The molecule has 0 unspecified atom stereocenters. The zero-order valence-corrected chi connectivity index (χ0v) is 17.7. The molecule has 0 aromatic carbocycles. The van der Waals surface area contributed by atoms with Crippen molar-refractivity contribution in [3.63, 3.8) is 0 Å². The fourth-order valence-corrected chi connectivity index (χ4v) is 3.67. The zero-order valence-electron chi connectivity index (χ0n) is 16.2. The van der Waals surface area contributed by atoms with Crippen molar-refractivity contribution in [3.8, 4) is 0 Å². The smallest absolute Gasteiger partial charge is 0.0787 e. The van der Waals surface area contributed by atoms with E-state index in [1.54, 1.807) is 0 Å². The van der Waals surface area contributed by atoms with Gasteiger partial charge in [0.1, 0.15) is 0 Å². The molecular formula is C20H43Cl2N. The Morgan fingerprint density at radius 1 is 0.522 bits per heavy atom. The monoisotopic (exact) mass is 367 g/mol. The molecule has 0 rings (SSSR count). The summed E-state index contributed by atoms with van der Waals surface area (Å²) in [5, 5.41) is 0. The summed E-state index contributed by atoms with van der Waals surface area (Å²) in [7, 11) is 0. The molecule has 0 aliphatic rings. The first kappa shape index (κ1) is 25.8. The number of unbranched alkanes of at least 4 members (excludes halogenated alkanes) is 8. The van der Waals surface area contributed by atoms with Gasteiger partial charge in [-0.15, -0.1) is 11.6 Å². The summed E-state index contributed by atoms with van der Waals surface area (Å²) in [6, 6.07) is 0. The first-order valence-electron chi connectivity index (χ1n) is 10.2. The molecule has 0 saturated carbocycles. The molecule has 1 nitrogen and oxygen atoms in total. The quantitative estimate of drug-likeness (QED) is 0.208. The van der Waals surface area contributed by atoms with Crippen LogP contribution < -0.4 is 12.4 Å². The molecule has 0 saturated heterocycles. The highest BCUT2D eigenvalue weighted by molar-refractivity contribution is 6.17. The summed E-state index contributed by atoms with van der Waals surface area (Å²) in [5.41, 5.74) is 0. The van der Waals surface area contributed by atoms with Gasteiger partial charge < -0.3 is 16.9 Å². The normalized spacial score (nSPS) is 11.5. The second kappa shape index (κ2) is 18.9. The lowest BCUT2D eigenvalue weighted by Gasteiger charge is -2.39. The highest BCUT2D eigenvalue weighted by Crippen LogP contribution is 2.18. The van der Waals surface area contributed by atoms with E-state index in [1.165, 1.54) is 108 Å². The van der Waals surface area contributed by atoms with Crippen molar-refractivity contribution in [1.82, 2.24) is 0 Å². The van der Waals surface area contributed by atoms with Crippen LogP contribution in [0.5, 0.6) is 0 Å².